The third-order valence-corrected chi connectivity index (χ3v) is 2.12. The van der Waals surface area contributed by atoms with Crippen LogP contribution in [0.1, 0.15) is 22.8 Å². The van der Waals surface area contributed by atoms with Gasteiger partial charge in [-0.25, -0.2) is 4.79 Å². The molecule has 0 radical (unpaired) electrons. The number of hydrogen-bond acceptors (Lipinski definition) is 3. The molecule has 84 valence electrons. The number of aldehydes is 1. The highest BCUT2D eigenvalue weighted by Crippen LogP contribution is 2.24. The van der Waals surface area contributed by atoms with Gasteiger partial charge >= 0.3 is 5.97 Å². The number of rotatable bonds is 4. The Labute approximate surface area is 93.2 Å². The molecule has 0 amide bonds. The van der Waals surface area contributed by atoms with E-state index in [4.69, 9.17) is 9.84 Å². The molecule has 0 heterocycles. The van der Waals surface area contributed by atoms with Crippen molar-refractivity contribution in [1.82, 2.24) is 0 Å². The summed E-state index contributed by atoms with van der Waals surface area (Å²) in [6.07, 6.45) is 2.14. The Bertz CT molecular complexity index is 446. The molecule has 1 rings (SSSR count). The molecule has 4 nitrogen and oxygen atoms in total. The zero-order valence-corrected chi connectivity index (χ0v) is 9.06. The molecule has 0 atom stereocenters. The van der Waals surface area contributed by atoms with Crippen LogP contribution in [0.4, 0.5) is 0 Å². The van der Waals surface area contributed by atoms with E-state index in [1.165, 1.54) is 20.1 Å². The summed E-state index contributed by atoms with van der Waals surface area (Å²) in [5.41, 5.74) is 1.16. The topological polar surface area (TPSA) is 63.6 Å². The fourth-order valence-corrected chi connectivity index (χ4v) is 1.31. The molecule has 0 aliphatic rings. The van der Waals surface area contributed by atoms with Gasteiger partial charge < -0.3 is 9.84 Å². The largest absolute Gasteiger partial charge is 0.495 e. The second-order valence-corrected chi connectivity index (χ2v) is 3.22. The molecule has 0 aromatic heterocycles. The Morgan fingerprint density at radius 2 is 2.00 bits per heavy atom. The summed E-state index contributed by atoms with van der Waals surface area (Å²) in [6.45, 7) is 1.48. The first-order valence-electron chi connectivity index (χ1n) is 4.64. The summed E-state index contributed by atoms with van der Waals surface area (Å²) in [6, 6.07) is 4.98. The van der Waals surface area contributed by atoms with Gasteiger partial charge in [0.1, 0.15) is 5.75 Å². The number of methoxy groups -OCH3 is 1. The van der Waals surface area contributed by atoms with Gasteiger partial charge in [-0.2, -0.15) is 0 Å². The molecule has 0 bridgehead atoms. The van der Waals surface area contributed by atoms with Crippen molar-refractivity contribution in [3.8, 4) is 5.75 Å². The van der Waals surface area contributed by atoms with Crippen molar-refractivity contribution in [3.05, 3.63) is 34.9 Å². The van der Waals surface area contributed by atoms with Crippen molar-refractivity contribution >= 4 is 18.3 Å². The minimum Gasteiger partial charge on any atom is -0.495 e. The molecule has 0 aliphatic heterocycles. The van der Waals surface area contributed by atoms with Crippen molar-refractivity contribution < 1.29 is 19.4 Å². The smallest absolute Gasteiger partial charge is 0.331 e. The number of carboxylic acid groups (broad SMARTS) is 1. The lowest BCUT2D eigenvalue weighted by molar-refractivity contribution is -0.132. The number of ether oxygens (including phenoxy) is 1. The van der Waals surface area contributed by atoms with Crippen molar-refractivity contribution in [2.45, 2.75) is 6.92 Å². The number of hydrogen-bond donors (Lipinski definition) is 1. The average molecular weight is 220 g/mol. The highest BCUT2D eigenvalue weighted by molar-refractivity contribution is 5.93. The minimum absolute atomic E-state index is 0.182. The first-order valence-corrected chi connectivity index (χ1v) is 4.64. The van der Waals surface area contributed by atoms with E-state index in [0.717, 1.165) is 0 Å². The third kappa shape index (κ3) is 2.48. The average Bonchev–Trinajstić information content (AvgIpc) is 2.28. The van der Waals surface area contributed by atoms with E-state index >= 15 is 0 Å². The predicted octanol–water partition coefficient (Wildman–Crippen LogP) is 2.00. The number of carboxylic acids is 1. The molecule has 1 aromatic carbocycles. The quantitative estimate of drug-likeness (QED) is 0.622. The van der Waals surface area contributed by atoms with Gasteiger partial charge in [-0.15, -0.1) is 0 Å². The van der Waals surface area contributed by atoms with E-state index in [1.807, 2.05) is 0 Å². The normalized spacial score (nSPS) is 11.0. The molecule has 0 saturated carbocycles. The van der Waals surface area contributed by atoms with Crippen molar-refractivity contribution in [1.29, 1.82) is 0 Å². The molecule has 0 unspecified atom stereocenters. The Morgan fingerprint density at radius 3 is 2.50 bits per heavy atom. The highest BCUT2D eigenvalue weighted by Gasteiger charge is 2.08. The van der Waals surface area contributed by atoms with Crippen LogP contribution in [0.25, 0.3) is 6.08 Å². The van der Waals surface area contributed by atoms with E-state index in [0.29, 0.717) is 23.2 Å². The van der Waals surface area contributed by atoms with E-state index < -0.39 is 5.97 Å². The van der Waals surface area contributed by atoms with Crippen molar-refractivity contribution in [3.63, 3.8) is 0 Å². The number of para-hydroxylation sites is 1. The number of benzene rings is 1. The summed E-state index contributed by atoms with van der Waals surface area (Å²) >= 11 is 0. The molecule has 1 aromatic rings. The maximum Gasteiger partial charge on any atom is 0.331 e. The van der Waals surface area contributed by atoms with Crippen LogP contribution < -0.4 is 4.74 Å². The van der Waals surface area contributed by atoms with Crippen LogP contribution in [-0.4, -0.2) is 24.5 Å². The van der Waals surface area contributed by atoms with Gasteiger partial charge in [0.05, 0.1) is 12.7 Å². The number of aliphatic carboxylic acids is 1. The lowest BCUT2D eigenvalue weighted by atomic mass is 10.1. The molecular formula is C12H12O4. The molecule has 0 aliphatic carbocycles. The van der Waals surface area contributed by atoms with Crippen LogP contribution in [0.5, 0.6) is 5.75 Å². The van der Waals surface area contributed by atoms with Crippen LogP contribution in [0.15, 0.2) is 23.8 Å². The summed E-state index contributed by atoms with van der Waals surface area (Å²) in [5.74, 6) is -0.614. The van der Waals surface area contributed by atoms with Crippen LogP contribution in [0, 0.1) is 0 Å². The van der Waals surface area contributed by atoms with Crippen LogP contribution in [0.3, 0.4) is 0 Å². The Balaban J connectivity index is 3.29. The zero-order valence-electron chi connectivity index (χ0n) is 9.06. The first kappa shape index (κ1) is 12.0. The SMILES string of the molecule is COc1c(C=O)cccc1/C=C(\C)C(=O)O. The van der Waals surface area contributed by atoms with Crippen LogP contribution >= 0.6 is 0 Å². The lowest BCUT2D eigenvalue weighted by Crippen LogP contribution is -1.97. The second-order valence-electron chi connectivity index (χ2n) is 3.22. The number of carbonyl (C=O) groups excluding carboxylic acids is 1. The van der Waals surface area contributed by atoms with Crippen LogP contribution in [0.2, 0.25) is 0 Å². The van der Waals surface area contributed by atoms with Gasteiger partial charge in [0.15, 0.2) is 6.29 Å². The Morgan fingerprint density at radius 1 is 1.38 bits per heavy atom. The summed E-state index contributed by atoms with van der Waals surface area (Å²) < 4.78 is 5.08. The third-order valence-electron chi connectivity index (χ3n) is 2.12. The monoisotopic (exact) mass is 220 g/mol. The van der Waals surface area contributed by atoms with Gasteiger partial charge in [0, 0.05) is 11.1 Å². The van der Waals surface area contributed by atoms with Crippen molar-refractivity contribution in [2.24, 2.45) is 0 Å². The van der Waals surface area contributed by atoms with Gasteiger partial charge in [-0.05, 0) is 19.1 Å². The lowest BCUT2D eigenvalue weighted by Gasteiger charge is -2.07. The standard InChI is InChI=1S/C12H12O4/c1-8(12(14)15)6-9-4-3-5-10(7-13)11(9)16-2/h3-7H,1-2H3,(H,14,15)/b8-6+. The fourth-order valence-electron chi connectivity index (χ4n) is 1.31. The van der Waals surface area contributed by atoms with Crippen LogP contribution in [-0.2, 0) is 4.79 Å². The van der Waals surface area contributed by atoms with Gasteiger partial charge in [-0.3, -0.25) is 4.79 Å². The summed E-state index contributed by atoms with van der Waals surface area (Å²) in [4.78, 5) is 21.4. The fraction of sp³-hybridized carbons (Fsp3) is 0.167. The molecule has 16 heavy (non-hydrogen) atoms. The molecule has 4 heteroatoms. The number of carbonyl (C=O) groups is 2. The van der Waals surface area contributed by atoms with E-state index in [2.05, 4.69) is 0 Å². The molecular weight excluding hydrogens is 208 g/mol. The first-order chi connectivity index (χ1) is 7.60. The maximum absolute atomic E-state index is 10.7. The molecule has 0 saturated heterocycles. The minimum atomic E-state index is -1.00. The van der Waals surface area contributed by atoms with E-state index in [-0.39, 0.29) is 5.57 Å². The van der Waals surface area contributed by atoms with Gasteiger partial charge in [0.25, 0.3) is 0 Å². The van der Waals surface area contributed by atoms with Crippen molar-refractivity contribution in [2.75, 3.05) is 7.11 Å². The second kappa shape index (κ2) is 5.11. The zero-order chi connectivity index (χ0) is 12.1. The highest BCUT2D eigenvalue weighted by atomic mass is 16.5. The summed E-state index contributed by atoms with van der Waals surface area (Å²) in [5, 5.41) is 8.75. The van der Waals surface area contributed by atoms with Gasteiger partial charge in [-0.1, -0.05) is 12.1 Å². The van der Waals surface area contributed by atoms with Gasteiger partial charge in [0.2, 0.25) is 0 Å². The Kier molecular flexibility index (Phi) is 3.83. The molecule has 1 N–H and O–H groups in total. The molecule has 0 spiro atoms. The summed E-state index contributed by atoms with van der Waals surface area (Å²) in [7, 11) is 1.44. The maximum atomic E-state index is 10.7. The van der Waals surface area contributed by atoms with E-state index in [1.54, 1.807) is 18.2 Å². The molecule has 0 fully saturated rings. The predicted molar refractivity (Wildman–Crippen MR) is 59.7 cm³/mol. The Hall–Kier alpha value is -2.10. The van der Waals surface area contributed by atoms with E-state index in [9.17, 15) is 9.59 Å².